The van der Waals surface area contributed by atoms with Gasteiger partial charge in [0.15, 0.2) is 12.6 Å². The Morgan fingerprint density at radius 3 is 1.78 bits per heavy atom. The van der Waals surface area contributed by atoms with Crippen LogP contribution in [0.25, 0.3) is 0 Å². The average Bonchev–Trinajstić information content (AvgIpc) is 2.54. The van der Waals surface area contributed by atoms with Crippen molar-refractivity contribution in [3.63, 3.8) is 0 Å². The molecule has 2 fully saturated rings. The van der Waals surface area contributed by atoms with Crippen LogP contribution in [0.15, 0.2) is 0 Å². The van der Waals surface area contributed by atoms with Crippen molar-refractivity contribution in [3.05, 3.63) is 0 Å². The van der Waals surface area contributed by atoms with E-state index in [9.17, 15) is 30.6 Å². The lowest BCUT2D eigenvalue weighted by Crippen LogP contribution is -2.64. The molecule has 0 saturated carbocycles. The van der Waals surface area contributed by atoms with Crippen molar-refractivity contribution >= 4 is 0 Å². The third-order valence-electron chi connectivity index (χ3n) is 3.98. The van der Waals surface area contributed by atoms with Crippen molar-refractivity contribution in [3.8, 4) is 0 Å². The lowest BCUT2D eigenvalue weighted by molar-refractivity contribution is -0.355. The highest BCUT2D eigenvalue weighted by Gasteiger charge is 2.50. The van der Waals surface area contributed by atoms with Crippen molar-refractivity contribution in [1.29, 1.82) is 0 Å². The zero-order valence-electron chi connectivity index (χ0n) is 12.0. The van der Waals surface area contributed by atoms with Gasteiger partial charge in [-0.15, -0.1) is 0 Å². The Bertz CT molecular complexity index is 380. The molecule has 2 aliphatic rings. The maximum atomic E-state index is 10.00. The van der Waals surface area contributed by atoms with E-state index in [0.29, 0.717) is 0 Å². The summed E-state index contributed by atoms with van der Waals surface area (Å²) in [7, 11) is 0. The second-order valence-corrected chi connectivity index (χ2v) is 5.53. The highest BCUT2D eigenvalue weighted by Crippen LogP contribution is 2.28. The third-order valence-corrected chi connectivity index (χ3v) is 3.98. The summed E-state index contributed by atoms with van der Waals surface area (Å²) in [5.41, 5.74) is 0. The molecule has 136 valence electrons. The smallest absolute Gasteiger partial charge is 0.187 e. The van der Waals surface area contributed by atoms with Gasteiger partial charge >= 0.3 is 0 Å². The van der Waals surface area contributed by atoms with E-state index >= 15 is 0 Å². The van der Waals surface area contributed by atoms with Gasteiger partial charge in [-0.25, -0.2) is 0 Å². The fourth-order valence-electron chi connectivity index (χ4n) is 2.56. The largest absolute Gasteiger partial charge is 0.394 e. The first-order valence-electron chi connectivity index (χ1n) is 7.08. The van der Waals surface area contributed by atoms with Gasteiger partial charge in [-0.05, 0) is 0 Å². The summed E-state index contributed by atoms with van der Waals surface area (Å²) in [6, 6.07) is 0. The highest BCUT2D eigenvalue weighted by molar-refractivity contribution is 4.93. The standard InChI is InChI=1S/C12H22O11/c13-1-3-5(15)7(17)8(18)12(22-3)23-10-6(16)4(2-14)21-11(20)9(10)19/h3-20H,1-2H2/t3-,4+,5-,6+,7+,8+,9-,10-,11-,12-/m0/s1. The van der Waals surface area contributed by atoms with E-state index in [1.54, 1.807) is 0 Å². The first kappa shape index (κ1) is 18.9. The van der Waals surface area contributed by atoms with E-state index in [-0.39, 0.29) is 0 Å². The normalized spacial score (nSPS) is 51.7. The summed E-state index contributed by atoms with van der Waals surface area (Å²) in [6.45, 7) is -1.34. The van der Waals surface area contributed by atoms with Crippen LogP contribution in [-0.4, -0.2) is 115 Å². The van der Waals surface area contributed by atoms with Crippen LogP contribution in [0, 0.1) is 0 Å². The SMILES string of the molecule is OC[C@@H]1O[C@@H](O[C@@H]2[C@H](O)[C@@H](O)O[C@H](CO)[C@H]2O)[C@H](O)[C@H](O)[C@H]1O. The fourth-order valence-corrected chi connectivity index (χ4v) is 2.56. The monoisotopic (exact) mass is 342 g/mol. The Morgan fingerprint density at radius 1 is 0.652 bits per heavy atom. The quantitative estimate of drug-likeness (QED) is 0.243. The molecule has 0 spiro atoms. The van der Waals surface area contributed by atoms with Crippen LogP contribution in [0.2, 0.25) is 0 Å². The van der Waals surface area contributed by atoms with E-state index in [1.807, 2.05) is 0 Å². The molecule has 11 nitrogen and oxygen atoms in total. The molecule has 0 aromatic heterocycles. The van der Waals surface area contributed by atoms with Gasteiger partial charge in [0.05, 0.1) is 13.2 Å². The minimum absolute atomic E-state index is 0.667. The predicted octanol–water partition coefficient (Wildman–Crippen LogP) is -5.40. The number of hydrogen-bond acceptors (Lipinski definition) is 11. The minimum atomic E-state index is -1.76. The summed E-state index contributed by atoms with van der Waals surface area (Å²) >= 11 is 0. The van der Waals surface area contributed by atoms with Gasteiger partial charge in [0, 0.05) is 0 Å². The van der Waals surface area contributed by atoms with Crippen LogP contribution >= 0.6 is 0 Å². The Labute approximate surface area is 130 Å². The van der Waals surface area contributed by atoms with Crippen LogP contribution in [0.4, 0.5) is 0 Å². The molecule has 10 atom stereocenters. The minimum Gasteiger partial charge on any atom is -0.394 e. The van der Waals surface area contributed by atoms with Crippen LogP contribution in [0.3, 0.4) is 0 Å². The third kappa shape index (κ3) is 3.65. The van der Waals surface area contributed by atoms with Gasteiger partial charge in [0.25, 0.3) is 0 Å². The maximum absolute atomic E-state index is 10.00. The van der Waals surface area contributed by atoms with Crippen molar-refractivity contribution in [1.82, 2.24) is 0 Å². The zero-order valence-corrected chi connectivity index (χ0v) is 12.0. The molecule has 8 N–H and O–H groups in total. The average molecular weight is 342 g/mol. The first-order chi connectivity index (χ1) is 10.8. The molecule has 0 amide bonds. The Balaban J connectivity index is 2.11. The van der Waals surface area contributed by atoms with Gasteiger partial charge in [-0.1, -0.05) is 0 Å². The number of hydrogen-bond donors (Lipinski definition) is 8. The second-order valence-electron chi connectivity index (χ2n) is 5.53. The van der Waals surface area contributed by atoms with Gasteiger partial charge < -0.3 is 55.1 Å². The predicted molar refractivity (Wildman–Crippen MR) is 68.6 cm³/mol. The van der Waals surface area contributed by atoms with Crippen LogP contribution < -0.4 is 0 Å². The van der Waals surface area contributed by atoms with Crippen molar-refractivity contribution < 1.29 is 55.1 Å². The number of aliphatic hydroxyl groups excluding tert-OH is 8. The molecule has 2 rings (SSSR count). The van der Waals surface area contributed by atoms with Crippen molar-refractivity contribution in [2.45, 2.75) is 61.4 Å². The number of ether oxygens (including phenoxy) is 3. The molecule has 2 heterocycles. The summed E-state index contributed by atoms with van der Waals surface area (Å²) in [4.78, 5) is 0. The number of rotatable bonds is 4. The topological polar surface area (TPSA) is 190 Å². The number of aliphatic hydroxyl groups is 8. The summed E-state index contributed by atoms with van der Waals surface area (Å²) in [5.74, 6) is 0. The molecule has 2 saturated heterocycles. The molecule has 0 unspecified atom stereocenters. The lowest BCUT2D eigenvalue weighted by atomic mass is 9.97. The molecule has 0 aromatic carbocycles. The highest BCUT2D eigenvalue weighted by atomic mass is 16.7. The van der Waals surface area contributed by atoms with Gasteiger partial charge in [0.2, 0.25) is 0 Å². The molecular weight excluding hydrogens is 320 g/mol. The Hall–Kier alpha value is -0.440. The summed E-state index contributed by atoms with van der Waals surface area (Å²) in [6.07, 6.45) is -15.7. The van der Waals surface area contributed by atoms with Crippen LogP contribution in [0.1, 0.15) is 0 Å². The van der Waals surface area contributed by atoms with E-state index in [4.69, 9.17) is 24.4 Å². The molecule has 0 bridgehead atoms. The fraction of sp³-hybridized carbons (Fsp3) is 1.00. The van der Waals surface area contributed by atoms with Gasteiger partial charge in [0.1, 0.15) is 48.8 Å². The van der Waals surface area contributed by atoms with Crippen LogP contribution in [-0.2, 0) is 14.2 Å². The molecule has 0 aromatic rings. The Morgan fingerprint density at radius 2 is 1.22 bits per heavy atom. The summed E-state index contributed by atoms with van der Waals surface area (Å²) < 4.78 is 15.1. The molecule has 23 heavy (non-hydrogen) atoms. The molecule has 11 heteroatoms. The molecule has 0 aliphatic carbocycles. The van der Waals surface area contributed by atoms with Crippen LogP contribution in [0.5, 0.6) is 0 Å². The molecule has 0 radical (unpaired) electrons. The lowest BCUT2D eigenvalue weighted by Gasteiger charge is -2.45. The zero-order chi connectivity index (χ0) is 17.3. The molecule has 2 aliphatic heterocycles. The van der Waals surface area contributed by atoms with E-state index in [2.05, 4.69) is 0 Å². The first-order valence-corrected chi connectivity index (χ1v) is 7.08. The summed E-state index contributed by atoms with van der Waals surface area (Å²) in [5, 5.41) is 76.8. The maximum Gasteiger partial charge on any atom is 0.187 e. The van der Waals surface area contributed by atoms with Gasteiger partial charge in [-0.3, -0.25) is 0 Å². The van der Waals surface area contributed by atoms with E-state index in [1.165, 1.54) is 0 Å². The van der Waals surface area contributed by atoms with Crippen molar-refractivity contribution in [2.75, 3.05) is 13.2 Å². The van der Waals surface area contributed by atoms with Gasteiger partial charge in [-0.2, -0.15) is 0 Å². The second kappa shape index (κ2) is 7.63. The van der Waals surface area contributed by atoms with E-state index < -0.39 is 74.6 Å². The van der Waals surface area contributed by atoms with Crippen molar-refractivity contribution in [2.24, 2.45) is 0 Å². The van der Waals surface area contributed by atoms with E-state index in [0.717, 1.165) is 0 Å². The molecular formula is C12H22O11. The Kier molecular flexibility index (Phi) is 6.27.